The molecule has 0 saturated carbocycles. The van der Waals surface area contributed by atoms with Crippen LogP contribution in [0.2, 0.25) is 0 Å². The lowest BCUT2D eigenvalue weighted by atomic mass is 10.1. The first-order chi connectivity index (χ1) is 16.3. The van der Waals surface area contributed by atoms with E-state index < -0.39 is 17.6 Å². The molecule has 34 heavy (non-hydrogen) atoms. The van der Waals surface area contributed by atoms with Crippen molar-refractivity contribution in [2.24, 2.45) is 0 Å². The van der Waals surface area contributed by atoms with E-state index in [1.54, 1.807) is 22.9 Å². The van der Waals surface area contributed by atoms with Crippen LogP contribution in [0.3, 0.4) is 0 Å². The SMILES string of the molecule is O=C(CCc1cc(-c2cccc(F)c2)n(-c2ccccc2)n1)NCc1ccccc1C(F)(F)F. The van der Waals surface area contributed by atoms with Gasteiger partial charge in [-0.3, -0.25) is 4.79 Å². The van der Waals surface area contributed by atoms with Crippen LogP contribution < -0.4 is 5.32 Å². The topological polar surface area (TPSA) is 46.9 Å². The summed E-state index contributed by atoms with van der Waals surface area (Å²) in [7, 11) is 0. The second-order valence-corrected chi connectivity index (χ2v) is 7.71. The van der Waals surface area contributed by atoms with E-state index in [0.29, 0.717) is 17.0 Å². The highest BCUT2D eigenvalue weighted by Gasteiger charge is 2.32. The Bertz CT molecular complexity index is 1280. The van der Waals surface area contributed by atoms with Crippen LogP contribution in [0.4, 0.5) is 17.6 Å². The van der Waals surface area contributed by atoms with Crippen LogP contribution in [-0.2, 0) is 23.9 Å². The third kappa shape index (κ3) is 5.51. The van der Waals surface area contributed by atoms with Gasteiger partial charge in [0.05, 0.1) is 22.6 Å². The van der Waals surface area contributed by atoms with Crippen molar-refractivity contribution in [2.75, 3.05) is 0 Å². The molecule has 0 atom stereocenters. The van der Waals surface area contributed by atoms with Crippen LogP contribution >= 0.6 is 0 Å². The Kier molecular flexibility index (Phi) is 6.77. The van der Waals surface area contributed by atoms with Crippen molar-refractivity contribution in [3.05, 3.63) is 108 Å². The van der Waals surface area contributed by atoms with Gasteiger partial charge < -0.3 is 5.32 Å². The van der Waals surface area contributed by atoms with Crippen LogP contribution in [0.15, 0.2) is 84.9 Å². The molecule has 0 aliphatic rings. The van der Waals surface area contributed by atoms with E-state index in [9.17, 15) is 22.4 Å². The third-order valence-electron chi connectivity index (χ3n) is 5.29. The van der Waals surface area contributed by atoms with E-state index >= 15 is 0 Å². The van der Waals surface area contributed by atoms with Crippen LogP contribution in [0.25, 0.3) is 16.9 Å². The predicted molar refractivity (Wildman–Crippen MR) is 121 cm³/mol. The molecule has 0 bridgehead atoms. The summed E-state index contributed by atoms with van der Waals surface area (Å²) in [4.78, 5) is 12.4. The van der Waals surface area contributed by atoms with Crippen molar-refractivity contribution in [3.8, 4) is 16.9 Å². The van der Waals surface area contributed by atoms with Gasteiger partial charge in [0.2, 0.25) is 5.91 Å². The van der Waals surface area contributed by atoms with E-state index in [0.717, 1.165) is 11.8 Å². The number of hydrogen-bond acceptors (Lipinski definition) is 2. The fourth-order valence-electron chi connectivity index (χ4n) is 3.65. The summed E-state index contributed by atoms with van der Waals surface area (Å²) in [5.41, 5.74) is 1.92. The molecule has 8 heteroatoms. The number of rotatable bonds is 7. The van der Waals surface area contributed by atoms with Crippen LogP contribution in [0.5, 0.6) is 0 Å². The monoisotopic (exact) mass is 467 g/mol. The Hall–Kier alpha value is -3.94. The molecular formula is C26H21F4N3O. The van der Waals surface area contributed by atoms with Crippen molar-refractivity contribution in [2.45, 2.75) is 25.6 Å². The Labute approximate surface area is 193 Å². The van der Waals surface area contributed by atoms with Crippen molar-refractivity contribution in [1.29, 1.82) is 0 Å². The fraction of sp³-hybridized carbons (Fsp3) is 0.154. The minimum absolute atomic E-state index is 0.00472. The van der Waals surface area contributed by atoms with Gasteiger partial charge >= 0.3 is 6.18 Å². The Morgan fingerprint density at radius 3 is 2.38 bits per heavy atom. The summed E-state index contributed by atoms with van der Waals surface area (Å²) in [5, 5.41) is 7.14. The maximum atomic E-state index is 13.8. The van der Waals surface area contributed by atoms with E-state index in [1.807, 2.05) is 30.3 Å². The van der Waals surface area contributed by atoms with Gasteiger partial charge in [-0.15, -0.1) is 0 Å². The lowest BCUT2D eigenvalue weighted by molar-refractivity contribution is -0.138. The quantitative estimate of drug-likeness (QED) is 0.342. The molecule has 0 fully saturated rings. The Morgan fingerprint density at radius 1 is 0.912 bits per heavy atom. The summed E-state index contributed by atoms with van der Waals surface area (Å²) in [5.74, 6) is -0.767. The van der Waals surface area contributed by atoms with Gasteiger partial charge in [0.15, 0.2) is 0 Å². The first-order valence-corrected chi connectivity index (χ1v) is 10.6. The number of amides is 1. The second-order valence-electron chi connectivity index (χ2n) is 7.71. The summed E-state index contributed by atoms with van der Waals surface area (Å²) >= 11 is 0. The maximum Gasteiger partial charge on any atom is 0.416 e. The molecule has 4 rings (SSSR count). The minimum Gasteiger partial charge on any atom is -0.352 e. The number of para-hydroxylation sites is 1. The molecule has 4 aromatic rings. The first-order valence-electron chi connectivity index (χ1n) is 10.6. The van der Waals surface area contributed by atoms with E-state index in [1.165, 1.54) is 30.3 Å². The van der Waals surface area contributed by atoms with Gasteiger partial charge in [-0.25, -0.2) is 9.07 Å². The average molecular weight is 467 g/mol. The highest BCUT2D eigenvalue weighted by Crippen LogP contribution is 2.31. The van der Waals surface area contributed by atoms with Gasteiger partial charge in [0, 0.05) is 24.9 Å². The lowest BCUT2D eigenvalue weighted by Crippen LogP contribution is -2.24. The number of carbonyl (C=O) groups is 1. The minimum atomic E-state index is -4.49. The molecule has 1 aromatic heterocycles. The Morgan fingerprint density at radius 2 is 1.65 bits per heavy atom. The normalized spacial score (nSPS) is 11.4. The van der Waals surface area contributed by atoms with Gasteiger partial charge in [0.25, 0.3) is 0 Å². The number of aryl methyl sites for hydroxylation is 1. The molecule has 0 spiro atoms. The molecule has 0 aliphatic carbocycles. The van der Waals surface area contributed by atoms with Gasteiger partial charge in [-0.1, -0.05) is 48.5 Å². The van der Waals surface area contributed by atoms with E-state index in [-0.39, 0.29) is 30.8 Å². The molecule has 1 amide bonds. The number of carbonyl (C=O) groups excluding carboxylic acids is 1. The molecule has 0 radical (unpaired) electrons. The highest BCUT2D eigenvalue weighted by molar-refractivity contribution is 5.76. The summed E-state index contributed by atoms with van der Waals surface area (Å²) < 4.78 is 54.9. The number of nitrogens with zero attached hydrogens (tertiary/aromatic N) is 2. The largest absolute Gasteiger partial charge is 0.416 e. The molecule has 4 nitrogen and oxygen atoms in total. The number of aromatic nitrogens is 2. The zero-order chi connectivity index (χ0) is 24.1. The summed E-state index contributed by atoms with van der Waals surface area (Å²) in [6.45, 7) is -0.221. The zero-order valence-electron chi connectivity index (χ0n) is 18.0. The molecular weight excluding hydrogens is 446 g/mol. The molecule has 3 aromatic carbocycles. The lowest BCUT2D eigenvalue weighted by Gasteiger charge is -2.13. The van der Waals surface area contributed by atoms with Crippen LogP contribution in [-0.4, -0.2) is 15.7 Å². The average Bonchev–Trinajstić information content (AvgIpc) is 3.26. The van der Waals surface area contributed by atoms with Gasteiger partial charge in [0.1, 0.15) is 5.82 Å². The molecule has 0 aliphatic heterocycles. The summed E-state index contributed by atoms with van der Waals surface area (Å²) in [6.07, 6.45) is -4.17. The molecule has 0 saturated heterocycles. The Balaban J connectivity index is 1.48. The van der Waals surface area contributed by atoms with Crippen molar-refractivity contribution < 1.29 is 22.4 Å². The number of benzene rings is 3. The van der Waals surface area contributed by atoms with Crippen LogP contribution in [0, 0.1) is 5.82 Å². The smallest absolute Gasteiger partial charge is 0.352 e. The molecule has 0 unspecified atom stereocenters. The number of hydrogen-bond donors (Lipinski definition) is 1. The molecule has 174 valence electrons. The molecule has 1 N–H and O–H groups in total. The maximum absolute atomic E-state index is 13.8. The van der Waals surface area contributed by atoms with Crippen LogP contribution in [0.1, 0.15) is 23.2 Å². The third-order valence-corrected chi connectivity index (χ3v) is 5.29. The van der Waals surface area contributed by atoms with E-state index in [2.05, 4.69) is 10.4 Å². The summed E-state index contributed by atoms with van der Waals surface area (Å²) in [6, 6.07) is 22.4. The molecule has 1 heterocycles. The van der Waals surface area contributed by atoms with Crippen molar-refractivity contribution in [1.82, 2.24) is 15.1 Å². The predicted octanol–water partition coefficient (Wildman–Crippen LogP) is 5.95. The zero-order valence-corrected chi connectivity index (χ0v) is 18.0. The highest BCUT2D eigenvalue weighted by atomic mass is 19.4. The van der Waals surface area contributed by atoms with Crippen molar-refractivity contribution in [3.63, 3.8) is 0 Å². The number of alkyl halides is 3. The fourth-order valence-corrected chi connectivity index (χ4v) is 3.65. The standard InChI is InChI=1S/C26H21F4N3O/c27-20-9-6-8-18(15-20)24-16-21(32-33(24)22-10-2-1-3-11-22)13-14-25(34)31-17-19-7-4-5-12-23(19)26(28,29)30/h1-12,15-16H,13-14,17H2,(H,31,34). The number of nitrogens with one attached hydrogen (secondary N) is 1. The van der Waals surface area contributed by atoms with Crippen molar-refractivity contribution >= 4 is 5.91 Å². The van der Waals surface area contributed by atoms with Gasteiger partial charge in [-0.05, 0) is 42.0 Å². The number of halogens is 4. The van der Waals surface area contributed by atoms with E-state index in [4.69, 9.17) is 0 Å². The van der Waals surface area contributed by atoms with Gasteiger partial charge in [-0.2, -0.15) is 18.3 Å². The first kappa shape index (κ1) is 23.2. The second kappa shape index (κ2) is 9.91.